The van der Waals surface area contributed by atoms with E-state index >= 15 is 0 Å². The third kappa shape index (κ3) is 6.07. The molecule has 2 aliphatic heterocycles. The minimum Gasteiger partial charge on any atom is -0.388 e. The number of piperidine rings is 2. The molecule has 2 aromatic heterocycles. The molecule has 1 saturated carbocycles. The van der Waals surface area contributed by atoms with E-state index in [1.807, 2.05) is 6.08 Å². The van der Waals surface area contributed by atoms with Crippen molar-refractivity contribution in [2.75, 3.05) is 44.3 Å². The molecule has 13 heteroatoms. The van der Waals surface area contributed by atoms with Gasteiger partial charge in [0, 0.05) is 43.8 Å². The molecule has 0 aromatic carbocycles. The van der Waals surface area contributed by atoms with Gasteiger partial charge in [-0.2, -0.15) is 4.98 Å². The highest BCUT2D eigenvalue weighted by Crippen LogP contribution is 2.40. The summed E-state index contributed by atoms with van der Waals surface area (Å²) in [7, 11) is -1.34. The van der Waals surface area contributed by atoms with Gasteiger partial charge in [0.1, 0.15) is 5.65 Å². The van der Waals surface area contributed by atoms with Crippen molar-refractivity contribution in [3.8, 4) is 0 Å². The number of nitrogens with one attached hydrogen (secondary N) is 1. The molecule has 5 rings (SSSR count). The van der Waals surface area contributed by atoms with E-state index in [2.05, 4.69) is 27.2 Å². The van der Waals surface area contributed by atoms with Crippen LogP contribution in [0, 0.1) is 0 Å². The van der Waals surface area contributed by atoms with Crippen LogP contribution in [0.5, 0.6) is 0 Å². The lowest BCUT2D eigenvalue weighted by Crippen LogP contribution is -2.43. The Balaban J connectivity index is 1.30. The fourth-order valence-electron chi connectivity index (χ4n) is 6.09. The van der Waals surface area contributed by atoms with Gasteiger partial charge in [-0.3, -0.25) is 9.36 Å². The molecule has 0 bridgehead atoms. The molecule has 3 aliphatic rings. The van der Waals surface area contributed by atoms with Crippen LogP contribution in [0.3, 0.4) is 0 Å². The first-order valence-corrected chi connectivity index (χ1v) is 15.6. The van der Waals surface area contributed by atoms with Crippen molar-refractivity contribution >= 4 is 27.0 Å². The summed E-state index contributed by atoms with van der Waals surface area (Å²) in [6.07, 6.45) is 4.82. The van der Waals surface area contributed by atoms with Gasteiger partial charge in [-0.25, -0.2) is 26.5 Å². The molecule has 4 heterocycles. The van der Waals surface area contributed by atoms with Gasteiger partial charge in [-0.15, -0.1) is 0 Å². The van der Waals surface area contributed by atoms with Crippen molar-refractivity contribution < 1.29 is 22.3 Å². The van der Waals surface area contributed by atoms with Crippen LogP contribution in [0.25, 0.3) is 11.0 Å². The fourth-order valence-corrected chi connectivity index (χ4v) is 7.52. The fraction of sp³-hybridized carbons (Fsp3) is 0.667. The van der Waals surface area contributed by atoms with E-state index in [9.17, 15) is 27.1 Å². The van der Waals surface area contributed by atoms with Crippen LogP contribution in [0.1, 0.15) is 69.9 Å². The number of rotatable bonds is 7. The average Bonchev–Trinajstić information content (AvgIpc) is 3.26. The zero-order valence-electron chi connectivity index (χ0n) is 23.0. The topological polar surface area (TPSA) is 121 Å². The highest BCUT2D eigenvalue weighted by molar-refractivity contribution is 7.89. The zero-order valence-corrected chi connectivity index (χ0v) is 23.8. The molecular weight excluding hydrogens is 542 g/mol. The summed E-state index contributed by atoms with van der Waals surface area (Å²) >= 11 is 0. The number of fused-ring (bicyclic) bond motifs is 1. The minimum atomic E-state index is -3.40. The van der Waals surface area contributed by atoms with Crippen LogP contribution in [0.15, 0.2) is 28.7 Å². The van der Waals surface area contributed by atoms with Crippen LogP contribution in [-0.4, -0.2) is 87.9 Å². The smallest absolute Gasteiger partial charge is 0.269 e. The number of hydrogen-bond acceptors (Lipinski definition) is 8. The molecule has 220 valence electrons. The minimum absolute atomic E-state index is 0.0149. The third-order valence-electron chi connectivity index (χ3n) is 8.62. The van der Waals surface area contributed by atoms with Crippen LogP contribution < -0.4 is 10.9 Å². The Bertz CT molecular complexity index is 1430. The first-order valence-electron chi connectivity index (χ1n) is 14.0. The molecule has 2 aromatic rings. The number of hydrogen-bond donors (Lipinski definition) is 2. The number of nitrogens with zero attached hydrogens (tertiary/aromatic N) is 5. The summed E-state index contributed by atoms with van der Waals surface area (Å²) in [5.41, 5.74) is -1.32. The van der Waals surface area contributed by atoms with Crippen LogP contribution in [0.2, 0.25) is 0 Å². The second kappa shape index (κ2) is 11.4. The van der Waals surface area contributed by atoms with Crippen LogP contribution in [0.4, 0.5) is 14.7 Å². The molecule has 2 N–H and O–H groups in total. The van der Waals surface area contributed by atoms with E-state index in [4.69, 9.17) is 0 Å². The molecule has 2 atom stereocenters. The quantitative estimate of drug-likeness (QED) is 0.480. The Morgan fingerprint density at radius 3 is 2.52 bits per heavy atom. The predicted molar refractivity (Wildman–Crippen MR) is 149 cm³/mol. The number of aliphatic hydroxyl groups is 1. The Kier molecular flexibility index (Phi) is 8.29. The lowest BCUT2D eigenvalue weighted by molar-refractivity contribution is 0.0261. The summed E-state index contributed by atoms with van der Waals surface area (Å²) in [5, 5.41) is 14.4. The van der Waals surface area contributed by atoms with Gasteiger partial charge in [0.15, 0.2) is 0 Å². The third-order valence-corrected chi connectivity index (χ3v) is 10.4. The molecule has 0 radical (unpaired) electrons. The zero-order chi connectivity index (χ0) is 28.7. The molecule has 10 nitrogen and oxygen atoms in total. The van der Waals surface area contributed by atoms with Gasteiger partial charge in [0.05, 0.1) is 23.0 Å². The Labute approximate surface area is 233 Å². The first kappa shape index (κ1) is 29.0. The van der Waals surface area contributed by atoms with Crippen molar-refractivity contribution in [3.05, 3.63) is 39.8 Å². The lowest BCUT2D eigenvalue weighted by Gasteiger charge is -2.32. The maximum atomic E-state index is 13.7. The number of aromatic nitrogens is 3. The van der Waals surface area contributed by atoms with Crippen molar-refractivity contribution in [1.29, 1.82) is 0 Å². The summed E-state index contributed by atoms with van der Waals surface area (Å²) < 4.78 is 56.0. The SMILES string of the molecule is CN1CCC(=CCS(=O)(=O)N2CCC(Nc3ncc4cc(C(F)F)c(=O)n([C@@H]5CCC[C@@]5(C)O)c4n3)CC2)CC1. The second-order valence-electron chi connectivity index (χ2n) is 11.6. The largest absolute Gasteiger partial charge is 0.388 e. The average molecular weight is 581 g/mol. The molecule has 0 amide bonds. The number of sulfonamides is 1. The molecule has 3 fully saturated rings. The summed E-state index contributed by atoms with van der Waals surface area (Å²) in [6.45, 7) is 4.25. The number of alkyl halides is 2. The van der Waals surface area contributed by atoms with E-state index in [1.54, 1.807) is 6.92 Å². The maximum Gasteiger partial charge on any atom is 0.269 e. The molecule has 2 saturated heterocycles. The van der Waals surface area contributed by atoms with E-state index in [-0.39, 0.29) is 23.4 Å². The summed E-state index contributed by atoms with van der Waals surface area (Å²) in [5.74, 6) is 0.248. The van der Waals surface area contributed by atoms with Gasteiger partial charge in [-0.1, -0.05) is 11.6 Å². The van der Waals surface area contributed by atoms with Crippen molar-refractivity contribution in [1.82, 2.24) is 23.7 Å². The van der Waals surface area contributed by atoms with E-state index in [0.717, 1.165) is 32.0 Å². The number of anilines is 1. The van der Waals surface area contributed by atoms with Gasteiger partial charge in [0.2, 0.25) is 16.0 Å². The molecule has 1 aliphatic carbocycles. The Hall–Kier alpha value is -2.48. The van der Waals surface area contributed by atoms with E-state index in [0.29, 0.717) is 50.6 Å². The number of halogens is 2. The van der Waals surface area contributed by atoms with Crippen molar-refractivity contribution in [3.63, 3.8) is 0 Å². The van der Waals surface area contributed by atoms with Crippen LogP contribution >= 0.6 is 0 Å². The standard InChI is InChI=1S/C27H38F2N6O4S/c1-27(37)10-3-4-22(27)35-24-19(16-21(23(28)29)25(35)36)17-30-26(32-24)31-20-7-13-34(14-8-20)40(38,39)15-9-18-5-11-33(2)12-6-18/h9,16-17,20,22-23,37H,3-8,10-15H2,1-2H3,(H,30,31,32)/t22-,27-/m1/s1. The normalized spacial score (nSPS) is 25.6. The van der Waals surface area contributed by atoms with Gasteiger partial charge < -0.3 is 15.3 Å². The molecule has 0 spiro atoms. The maximum absolute atomic E-state index is 13.7. The van der Waals surface area contributed by atoms with Crippen molar-refractivity contribution in [2.45, 2.75) is 76.0 Å². The van der Waals surface area contributed by atoms with E-state index < -0.39 is 39.2 Å². The Morgan fingerprint density at radius 1 is 1.20 bits per heavy atom. The summed E-state index contributed by atoms with van der Waals surface area (Å²) in [6, 6.07) is 0.351. The van der Waals surface area contributed by atoms with Gasteiger partial charge in [0.25, 0.3) is 12.0 Å². The second-order valence-corrected chi connectivity index (χ2v) is 13.6. The predicted octanol–water partition coefficient (Wildman–Crippen LogP) is 3.06. The highest BCUT2D eigenvalue weighted by Gasteiger charge is 2.40. The monoisotopic (exact) mass is 580 g/mol. The molecule has 40 heavy (non-hydrogen) atoms. The number of likely N-dealkylation sites (tertiary alicyclic amines) is 1. The highest BCUT2D eigenvalue weighted by atomic mass is 32.2. The van der Waals surface area contributed by atoms with Crippen LogP contribution in [-0.2, 0) is 10.0 Å². The van der Waals surface area contributed by atoms with Gasteiger partial charge in [-0.05, 0) is 65.0 Å². The summed E-state index contributed by atoms with van der Waals surface area (Å²) in [4.78, 5) is 24.2. The van der Waals surface area contributed by atoms with Crippen molar-refractivity contribution in [2.24, 2.45) is 0 Å². The number of pyridine rings is 1. The molecule has 0 unspecified atom stereocenters. The Morgan fingerprint density at radius 2 is 1.90 bits per heavy atom. The van der Waals surface area contributed by atoms with E-state index in [1.165, 1.54) is 20.6 Å². The van der Waals surface area contributed by atoms with Gasteiger partial charge >= 0.3 is 0 Å². The lowest BCUT2D eigenvalue weighted by atomic mass is 9.99. The molecular formula is C27H38F2N6O4S. The first-order chi connectivity index (χ1) is 18.9.